The lowest BCUT2D eigenvalue weighted by Gasteiger charge is -2.09. The molecule has 2 rings (SSSR count). The first-order chi connectivity index (χ1) is 10.8. The van der Waals surface area contributed by atoms with E-state index in [1.165, 1.54) is 11.1 Å². The van der Waals surface area contributed by atoms with Gasteiger partial charge in [-0.15, -0.1) is 0 Å². The molecule has 0 saturated heterocycles. The van der Waals surface area contributed by atoms with Crippen LogP contribution in [0.1, 0.15) is 24.0 Å². The lowest BCUT2D eigenvalue weighted by molar-refractivity contribution is 0.583. The third kappa shape index (κ3) is 5.39. The number of hydrogen-bond donors (Lipinski definition) is 4. The maximum absolute atomic E-state index is 5.91. The second-order valence-corrected chi connectivity index (χ2v) is 5.46. The van der Waals surface area contributed by atoms with Crippen LogP contribution in [0.4, 0.5) is 11.4 Å². The predicted octanol–water partition coefficient (Wildman–Crippen LogP) is 2.51. The molecule has 0 aliphatic heterocycles. The molecule has 2 aromatic rings. The van der Waals surface area contributed by atoms with Crippen LogP contribution in [-0.4, -0.2) is 13.1 Å². The lowest BCUT2D eigenvalue weighted by atomic mass is 10.2. The van der Waals surface area contributed by atoms with Crippen molar-refractivity contribution in [3.8, 4) is 0 Å². The Morgan fingerprint density at radius 2 is 1.05 bits per heavy atom. The van der Waals surface area contributed by atoms with Gasteiger partial charge in [0.25, 0.3) is 0 Å². The molecule has 0 aliphatic rings. The van der Waals surface area contributed by atoms with Crippen molar-refractivity contribution in [2.45, 2.75) is 25.9 Å². The van der Waals surface area contributed by atoms with Gasteiger partial charge in [-0.2, -0.15) is 0 Å². The van der Waals surface area contributed by atoms with Crippen LogP contribution in [-0.2, 0) is 13.1 Å². The fourth-order valence-electron chi connectivity index (χ4n) is 2.34. The average Bonchev–Trinajstić information content (AvgIpc) is 2.53. The van der Waals surface area contributed by atoms with E-state index in [2.05, 4.69) is 22.8 Å². The van der Waals surface area contributed by atoms with Crippen molar-refractivity contribution in [3.63, 3.8) is 0 Å². The molecule has 118 valence electrons. The van der Waals surface area contributed by atoms with Crippen LogP contribution in [0.5, 0.6) is 0 Å². The van der Waals surface area contributed by atoms with Crippen LogP contribution < -0.4 is 22.1 Å². The van der Waals surface area contributed by atoms with Crippen molar-refractivity contribution >= 4 is 11.4 Å². The molecule has 4 heteroatoms. The number of nitrogens with two attached hydrogens (primary N) is 2. The Hall–Kier alpha value is -2.04. The summed E-state index contributed by atoms with van der Waals surface area (Å²) in [4.78, 5) is 0. The molecule has 4 nitrogen and oxygen atoms in total. The zero-order chi connectivity index (χ0) is 15.6. The Bertz CT molecular complexity index is 517. The highest BCUT2D eigenvalue weighted by atomic mass is 14.9. The Morgan fingerprint density at radius 3 is 1.45 bits per heavy atom. The summed E-state index contributed by atoms with van der Waals surface area (Å²) in [6.07, 6.45) is 2.29. The summed E-state index contributed by atoms with van der Waals surface area (Å²) in [5, 5.41) is 6.86. The van der Waals surface area contributed by atoms with Crippen molar-refractivity contribution in [1.82, 2.24) is 10.6 Å². The second kappa shape index (κ2) is 9.07. The first-order valence-corrected chi connectivity index (χ1v) is 7.85. The molecular formula is C18H26N4. The minimum Gasteiger partial charge on any atom is -0.398 e. The molecule has 0 unspecified atom stereocenters. The summed E-state index contributed by atoms with van der Waals surface area (Å²) in [7, 11) is 0. The van der Waals surface area contributed by atoms with Gasteiger partial charge in [0.2, 0.25) is 0 Å². The maximum Gasteiger partial charge on any atom is 0.0359 e. The SMILES string of the molecule is Nc1ccccc1CNCCCCNCc1ccccc1N. The van der Waals surface area contributed by atoms with E-state index < -0.39 is 0 Å². The molecule has 0 amide bonds. The summed E-state index contributed by atoms with van der Waals surface area (Å²) in [5.74, 6) is 0. The number of nitrogens with one attached hydrogen (secondary N) is 2. The van der Waals surface area contributed by atoms with Gasteiger partial charge in [-0.1, -0.05) is 36.4 Å². The smallest absolute Gasteiger partial charge is 0.0359 e. The maximum atomic E-state index is 5.91. The van der Waals surface area contributed by atoms with Crippen molar-refractivity contribution < 1.29 is 0 Å². The van der Waals surface area contributed by atoms with Crippen LogP contribution in [0.2, 0.25) is 0 Å². The number of anilines is 2. The standard InChI is InChI=1S/C18H26N4/c19-17-9-3-1-7-15(17)13-21-11-5-6-12-22-14-16-8-2-4-10-18(16)20/h1-4,7-10,21-22H,5-6,11-14,19-20H2. The van der Waals surface area contributed by atoms with E-state index in [0.717, 1.165) is 50.4 Å². The van der Waals surface area contributed by atoms with E-state index in [-0.39, 0.29) is 0 Å². The van der Waals surface area contributed by atoms with Crippen LogP contribution in [0.15, 0.2) is 48.5 Å². The van der Waals surface area contributed by atoms with Crippen molar-refractivity contribution in [2.24, 2.45) is 0 Å². The number of para-hydroxylation sites is 2. The average molecular weight is 298 g/mol. The van der Waals surface area contributed by atoms with Gasteiger partial charge in [-0.3, -0.25) is 0 Å². The van der Waals surface area contributed by atoms with Crippen molar-refractivity contribution in [1.29, 1.82) is 0 Å². The quantitative estimate of drug-likeness (QED) is 0.424. The number of benzene rings is 2. The van der Waals surface area contributed by atoms with Crippen molar-refractivity contribution in [3.05, 3.63) is 59.7 Å². The number of rotatable bonds is 9. The van der Waals surface area contributed by atoms with Gasteiger partial charge in [-0.25, -0.2) is 0 Å². The molecule has 0 spiro atoms. The zero-order valence-electron chi connectivity index (χ0n) is 13.0. The minimum atomic E-state index is 0.834. The van der Waals surface area contributed by atoms with Crippen LogP contribution in [0, 0.1) is 0 Å². The first kappa shape index (κ1) is 16.3. The summed E-state index contributed by atoms with van der Waals surface area (Å²) in [6.45, 7) is 3.67. The van der Waals surface area contributed by atoms with Gasteiger partial charge < -0.3 is 22.1 Å². The summed E-state index contributed by atoms with van der Waals surface area (Å²) in [5.41, 5.74) is 15.9. The van der Waals surface area contributed by atoms with Gasteiger partial charge in [0.1, 0.15) is 0 Å². The number of nitrogen functional groups attached to an aromatic ring is 2. The first-order valence-electron chi connectivity index (χ1n) is 7.85. The topological polar surface area (TPSA) is 76.1 Å². The minimum absolute atomic E-state index is 0.834. The fraction of sp³-hybridized carbons (Fsp3) is 0.333. The molecule has 22 heavy (non-hydrogen) atoms. The Morgan fingerprint density at radius 1 is 0.636 bits per heavy atom. The Balaban J connectivity index is 1.51. The van der Waals surface area contributed by atoms with Gasteiger partial charge in [-0.05, 0) is 49.2 Å². The molecule has 0 aromatic heterocycles. The highest BCUT2D eigenvalue weighted by Gasteiger charge is 1.98. The second-order valence-electron chi connectivity index (χ2n) is 5.46. The molecule has 0 radical (unpaired) electrons. The molecule has 2 aromatic carbocycles. The third-order valence-corrected chi connectivity index (χ3v) is 3.70. The highest BCUT2D eigenvalue weighted by Crippen LogP contribution is 2.10. The summed E-state index contributed by atoms with van der Waals surface area (Å²) < 4.78 is 0. The van der Waals surface area contributed by atoms with Gasteiger partial charge >= 0.3 is 0 Å². The molecule has 0 bridgehead atoms. The molecule has 0 aliphatic carbocycles. The molecule has 0 heterocycles. The lowest BCUT2D eigenvalue weighted by Crippen LogP contribution is -2.19. The van der Waals surface area contributed by atoms with E-state index in [9.17, 15) is 0 Å². The normalized spacial score (nSPS) is 10.7. The number of hydrogen-bond acceptors (Lipinski definition) is 4. The number of unbranched alkanes of at least 4 members (excludes halogenated alkanes) is 1. The van der Waals surface area contributed by atoms with Crippen LogP contribution in [0.25, 0.3) is 0 Å². The molecule has 6 N–H and O–H groups in total. The largest absolute Gasteiger partial charge is 0.398 e. The van der Waals surface area contributed by atoms with Gasteiger partial charge in [0, 0.05) is 24.5 Å². The van der Waals surface area contributed by atoms with E-state index in [4.69, 9.17) is 11.5 Å². The predicted molar refractivity (Wildman–Crippen MR) is 94.4 cm³/mol. The summed E-state index contributed by atoms with van der Waals surface area (Å²) >= 11 is 0. The Labute approximate surface area is 132 Å². The molecule has 0 fully saturated rings. The highest BCUT2D eigenvalue weighted by molar-refractivity contribution is 5.46. The zero-order valence-corrected chi connectivity index (χ0v) is 13.0. The van der Waals surface area contributed by atoms with E-state index >= 15 is 0 Å². The third-order valence-electron chi connectivity index (χ3n) is 3.70. The van der Waals surface area contributed by atoms with E-state index in [1.54, 1.807) is 0 Å². The Kier molecular flexibility index (Phi) is 6.74. The van der Waals surface area contributed by atoms with E-state index in [1.807, 2.05) is 36.4 Å². The molecule has 0 atom stereocenters. The van der Waals surface area contributed by atoms with Crippen molar-refractivity contribution in [2.75, 3.05) is 24.6 Å². The monoisotopic (exact) mass is 298 g/mol. The van der Waals surface area contributed by atoms with Crippen LogP contribution in [0.3, 0.4) is 0 Å². The van der Waals surface area contributed by atoms with Gasteiger partial charge in [0.05, 0.1) is 0 Å². The molecular weight excluding hydrogens is 272 g/mol. The van der Waals surface area contributed by atoms with Gasteiger partial charge in [0.15, 0.2) is 0 Å². The molecule has 0 saturated carbocycles. The van der Waals surface area contributed by atoms with E-state index in [0.29, 0.717) is 0 Å². The van der Waals surface area contributed by atoms with Crippen LogP contribution >= 0.6 is 0 Å². The summed E-state index contributed by atoms with van der Waals surface area (Å²) in [6, 6.07) is 16.0. The fourth-order valence-corrected chi connectivity index (χ4v) is 2.34.